The highest BCUT2D eigenvalue weighted by Gasteiger charge is 2.02. The number of unbranched alkanes of at least 4 members (excludes halogenated alkanes) is 1. The third-order valence-corrected chi connectivity index (χ3v) is 3.80. The lowest BCUT2D eigenvalue weighted by molar-refractivity contribution is 0.804. The molecule has 0 spiro atoms. The van der Waals surface area contributed by atoms with Crippen LogP contribution < -0.4 is 5.73 Å². The van der Waals surface area contributed by atoms with Gasteiger partial charge in [-0.3, -0.25) is 0 Å². The Bertz CT molecular complexity index is 459. The number of hydrogen-bond acceptors (Lipinski definition) is 2. The Morgan fingerprint density at radius 2 is 2.06 bits per heavy atom. The Balaban J connectivity index is 2.18. The van der Waals surface area contributed by atoms with Crippen molar-refractivity contribution in [1.82, 2.24) is 0 Å². The lowest BCUT2D eigenvalue weighted by atomic mass is 10.1. The van der Waals surface area contributed by atoms with Crippen LogP contribution in [0, 0.1) is 0 Å². The molecular weight excluding hydrogens is 214 g/mol. The quantitative estimate of drug-likeness (QED) is 0.778. The predicted octanol–water partition coefficient (Wildman–Crippen LogP) is 4.34. The van der Waals surface area contributed by atoms with Crippen molar-refractivity contribution in [2.24, 2.45) is 0 Å². The van der Waals surface area contributed by atoms with E-state index in [1.54, 1.807) is 0 Å². The van der Waals surface area contributed by atoms with Crippen molar-refractivity contribution in [3.05, 3.63) is 41.3 Å². The van der Waals surface area contributed by atoms with E-state index in [1.165, 1.54) is 34.6 Å². The summed E-state index contributed by atoms with van der Waals surface area (Å²) in [5.74, 6) is 0. The van der Waals surface area contributed by atoms with Crippen LogP contribution in [0.25, 0.3) is 10.4 Å². The molecule has 2 aromatic rings. The predicted molar refractivity (Wildman–Crippen MR) is 72.8 cm³/mol. The van der Waals surface area contributed by atoms with Gasteiger partial charge in [-0.15, -0.1) is 11.3 Å². The van der Waals surface area contributed by atoms with Gasteiger partial charge in [-0.05, 0) is 42.7 Å². The number of thiophene rings is 1. The second kappa shape index (κ2) is 5.17. The minimum absolute atomic E-state index is 0.834. The molecule has 0 atom stereocenters. The summed E-state index contributed by atoms with van der Waals surface area (Å²) in [6, 6.07) is 12.5. The third-order valence-electron chi connectivity index (χ3n) is 2.61. The SMILES string of the molecule is CCCCc1ccc(-c2cccc(N)c2)s1. The van der Waals surface area contributed by atoms with Gasteiger partial charge in [-0.1, -0.05) is 25.5 Å². The summed E-state index contributed by atoms with van der Waals surface area (Å²) in [6.45, 7) is 2.23. The summed E-state index contributed by atoms with van der Waals surface area (Å²) in [7, 11) is 0. The van der Waals surface area contributed by atoms with E-state index in [0.717, 1.165) is 5.69 Å². The van der Waals surface area contributed by atoms with E-state index in [9.17, 15) is 0 Å². The van der Waals surface area contributed by atoms with Crippen molar-refractivity contribution in [1.29, 1.82) is 0 Å². The number of hydrogen-bond donors (Lipinski definition) is 1. The smallest absolute Gasteiger partial charge is 0.0346 e. The first-order valence-corrected chi connectivity index (χ1v) is 6.56. The highest BCUT2D eigenvalue weighted by molar-refractivity contribution is 7.15. The Hall–Kier alpha value is -1.28. The van der Waals surface area contributed by atoms with Gasteiger partial charge in [-0.2, -0.15) is 0 Å². The van der Waals surface area contributed by atoms with Crippen molar-refractivity contribution < 1.29 is 0 Å². The van der Waals surface area contributed by atoms with Crippen LogP contribution in [0.3, 0.4) is 0 Å². The molecule has 2 heteroatoms. The number of nitrogen functional groups attached to an aromatic ring is 1. The first-order valence-electron chi connectivity index (χ1n) is 5.74. The molecule has 1 aromatic heterocycles. The van der Waals surface area contributed by atoms with E-state index < -0.39 is 0 Å². The van der Waals surface area contributed by atoms with Crippen molar-refractivity contribution in [2.45, 2.75) is 26.2 Å². The van der Waals surface area contributed by atoms with Crippen LogP contribution in [0.5, 0.6) is 0 Å². The molecule has 0 aliphatic carbocycles. The van der Waals surface area contributed by atoms with Gasteiger partial charge in [0.05, 0.1) is 0 Å². The number of nitrogens with two attached hydrogens (primary N) is 1. The summed E-state index contributed by atoms with van der Waals surface area (Å²) in [4.78, 5) is 2.79. The molecule has 0 radical (unpaired) electrons. The molecule has 2 N–H and O–H groups in total. The standard InChI is InChI=1S/C14H17NS/c1-2-3-7-13-8-9-14(16-13)11-5-4-6-12(15)10-11/h4-6,8-10H,2-3,7,15H2,1H3. The van der Waals surface area contributed by atoms with E-state index >= 15 is 0 Å². The van der Waals surface area contributed by atoms with Crippen LogP contribution in [0.1, 0.15) is 24.6 Å². The van der Waals surface area contributed by atoms with Gasteiger partial charge in [0, 0.05) is 15.4 Å². The lowest BCUT2D eigenvalue weighted by Gasteiger charge is -1.98. The molecule has 0 saturated heterocycles. The molecule has 16 heavy (non-hydrogen) atoms. The topological polar surface area (TPSA) is 26.0 Å². The summed E-state index contributed by atoms with van der Waals surface area (Å²) in [6.07, 6.45) is 3.73. The fourth-order valence-corrected chi connectivity index (χ4v) is 2.76. The molecule has 2 rings (SSSR count). The summed E-state index contributed by atoms with van der Waals surface area (Å²) >= 11 is 1.88. The first kappa shape index (κ1) is 11.2. The maximum atomic E-state index is 5.79. The summed E-state index contributed by atoms with van der Waals surface area (Å²) in [5.41, 5.74) is 7.85. The van der Waals surface area contributed by atoms with Crippen LogP contribution in [0.2, 0.25) is 0 Å². The maximum Gasteiger partial charge on any atom is 0.0346 e. The average Bonchev–Trinajstić information content (AvgIpc) is 2.75. The van der Waals surface area contributed by atoms with Gasteiger partial charge < -0.3 is 5.73 Å². The number of anilines is 1. The molecule has 0 fully saturated rings. The van der Waals surface area contributed by atoms with E-state index in [-0.39, 0.29) is 0 Å². The number of aryl methyl sites for hydroxylation is 1. The van der Waals surface area contributed by atoms with Crippen molar-refractivity contribution in [3.63, 3.8) is 0 Å². The molecule has 1 nitrogen and oxygen atoms in total. The molecule has 0 aliphatic heterocycles. The molecule has 84 valence electrons. The van der Waals surface area contributed by atoms with E-state index in [4.69, 9.17) is 5.73 Å². The number of benzene rings is 1. The molecule has 0 aliphatic rings. The second-order valence-electron chi connectivity index (χ2n) is 3.99. The zero-order valence-corrected chi connectivity index (χ0v) is 10.4. The molecule has 0 unspecified atom stereocenters. The Morgan fingerprint density at radius 1 is 1.19 bits per heavy atom. The van der Waals surface area contributed by atoms with Crippen molar-refractivity contribution in [3.8, 4) is 10.4 Å². The molecule has 1 heterocycles. The third kappa shape index (κ3) is 2.64. The Labute approximate surface area is 101 Å². The minimum atomic E-state index is 0.834. The molecule has 0 bridgehead atoms. The van der Waals surface area contributed by atoms with Gasteiger partial charge >= 0.3 is 0 Å². The Morgan fingerprint density at radius 3 is 2.81 bits per heavy atom. The maximum absolute atomic E-state index is 5.79. The highest BCUT2D eigenvalue weighted by Crippen LogP contribution is 2.29. The minimum Gasteiger partial charge on any atom is -0.399 e. The zero-order valence-electron chi connectivity index (χ0n) is 9.57. The zero-order chi connectivity index (χ0) is 11.4. The van der Waals surface area contributed by atoms with E-state index in [1.807, 2.05) is 29.5 Å². The second-order valence-corrected chi connectivity index (χ2v) is 5.16. The van der Waals surface area contributed by atoms with Gasteiger partial charge in [0.2, 0.25) is 0 Å². The molecule has 0 saturated carbocycles. The van der Waals surface area contributed by atoms with E-state index in [2.05, 4.69) is 25.1 Å². The van der Waals surface area contributed by atoms with Gasteiger partial charge in [0.1, 0.15) is 0 Å². The van der Waals surface area contributed by atoms with Crippen molar-refractivity contribution in [2.75, 3.05) is 5.73 Å². The highest BCUT2D eigenvalue weighted by atomic mass is 32.1. The fraction of sp³-hybridized carbons (Fsp3) is 0.286. The largest absolute Gasteiger partial charge is 0.399 e. The normalized spacial score (nSPS) is 10.6. The fourth-order valence-electron chi connectivity index (χ4n) is 1.71. The summed E-state index contributed by atoms with van der Waals surface area (Å²) in [5, 5.41) is 0. The van der Waals surface area contributed by atoms with Gasteiger partial charge in [0.15, 0.2) is 0 Å². The first-order chi connectivity index (χ1) is 7.79. The summed E-state index contributed by atoms with van der Waals surface area (Å²) < 4.78 is 0. The molecule has 0 amide bonds. The lowest BCUT2D eigenvalue weighted by Crippen LogP contribution is -1.83. The van der Waals surface area contributed by atoms with Crippen LogP contribution in [-0.2, 0) is 6.42 Å². The monoisotopic (exact) mass is 231 g/mol. The van der Waals surface area contributed by atoms with E-state index in [0.29, 0.717) is 0 Å². The van der Waals surface area contributed by atoms with Gasteiger partial charge in [0.25, 0.3) is 0 Å². The molecule has 1 aromatic carbocycles. The Kier molecular flexibility index (Phi) is 3.62. The van der Waals surface area contributed by atoms with Gasteiger partial charge in [-0.25, -0.2) is 0 Å². The van der Waals surface area contributed by atoms with Crippen LogP contribution in [0.15, 0.2) is 36.4 Å². The molecular formula is C14H17NS. The number of rotatable bonds is 4. The van der Waals surface area contributed by atoms with Crippen LogP contribution >= 0.6 is 11.3 Å². The average molecular weight is 231 g/mol. The van der Waals surface area contributed by atoms with Crippen LogP contribution in [0.4, 0.5) is 5.69 Å². The van der Waals surface area contributed by atoms with Crippen molar-refractivity contribution >= 4 is 17.0 Å². The van der Waals surface area contributed by atoms with Crippen LogP contribution in [-0.4, -0.2) is 0 Å².